The Morgan fingerprint density at radius 3 is 2.74 bits per heavy atom. The van der Waals surface area contributed by atoms with Gasteiger partial charge < -0.3 is 9.64 Å². The number of aryl methyl sites for hydroxylation is 1. The van der Waals surface area contributed by atoms with Crippen molar-refractivity contribution in [2.45, 2.75) is 31.6 Å². The van der Waals surface area contributed by atoms with Crippen molar-refractivity contribution < 1.29 is 14.3 Å². The van der Waals surface area contributed by atoms with E-state index in [4.69, 9.17) is 4.74 Å². The molecule has 1 aromatic heterocycles. The third-order valence-corrected chi connectivity index (χ3v) is 7.51. The number of tetrazole rings is 1. The van der Waals surface area contributed by atoms with Crippen molar-refractivity contribution in [1.82, 2.24) is 30.0 Å². The SMILES string of the molecule is O=C1OCCc2cc(CCN3CCN(C(=O)C4CCc5cc(-n6cnnn6)ccc54)CC3)ccc21. The monoisotopic (exact) mass is 472 g/mol. The molecule has 1 atom stereocenters. The number of benzene rings is 2. The summed E-state index contributed by atoms with van der Waals surface area (Å²) in [4.78, 5) is 29.7. The summed E-state index contributed by atoms with van der Waals surface area (Å²) in [6.07, 6.45) is 5.08. The van der Waals surface area contributed by atoms with Gasteiger partial charge in [0.25, 0.3) is 0 Å². The molecule has 0 spiro atoms. The minimum atomic E-state index is -0.212. The predicted molar refractivity (Wildman–Crippen MR) is 127 cm³/mol. The molecule has 0 bridgehead atoms. The van der Waals surface area contributed by atoms with E-state index < -0.39 is 0 Å². The van der Waals surface area contributed by atoms with Crippen molar-refractivity contribution in [3.8, 4) is 5.69 Å². The molecule has 3 heterocycles. The van der Waals surface area contributed by atoms with E-state index in [1.807, 2.05) is 23.1 Å². The number of piperazine rings is 1. The average molecular weight is 473 g/mol. The molecule has 0 N–H and O–H groups in total. The van der Waals surface area contributed by atoms with Gasteiger partial charge in [-0.2, -0.15) is 0 Å². The first-order chi connectivity index (χ1) is 17.2. The summed E-state index contributed by atoms with van der Waals surface area (Å²) in [7, 11) is 0. The van der Waals surface area contributed by atoms with Crippen LogP contribution < -0.4 is 0 Å². The van der Waals surface area contributed by atoms with Gasteiger partial charge in [0.05, 0.1) is 23.8 Å². The predicted octanol–water partition coefficient (Wildman–Crippen LogP) is 1.79. The number of esters is 1. The second-order valence-electron chi connectivity index (χ2n) is 9.52. The Morgan fingerprint density at radius 2 is 1.91 bits per heavy atom. The number of amides is 1. The number of nitrogens with zero attached hydrogens (tertiary/aromatic N) is 6. The number of hydrogen-bond acceptors (Lipinski definition) is 7. The third kappa shape index (κ3) is 4.32. The first kappa shape index (κ1) is 21.9. The van der Waals surface area contributed by atoms with Crippen molar-refractivity contribution >= 4 is 11.9 Å². The summed E-state index contributed by atoms with van der Waals surface area (Å²) in [5, 5.41) is 11.4. The molecular weight excluding hydrogens is 444 g/mol. The molecule has 6 rings (SSSR count). The fraction of sp³-hybridized carbons (Fsp3) is 0.423. The molecule has 1 saturated heterocycles. The molecule has 1 fully saturated rings. The number of rotatable bonds is 5. The van der Waals surface area contributed by atoms with Crippen molar-refractivity contribution in [1.29, 1.82) is 0 Å². The lowest BCUT2D eigenvalue weighted by Gasteiger charge is -2.36. The number of cyclic esters (lactones) is 1. The van der Waals surface area contributed by atoms with Crippen LogP contribution in [0.4, 0.5) is 0 Å². The summed E-state index contributed by atoms with van der Waals surface area (Å²) < 4.78 is 6.76. The highest BCUT2D eigenvalue weighted by atomic mass is 16.5. The Balaban J connectivity index is 1.03. The molecule has 9 nitrogen and oxygen atoms in total. The molecule has 180 valence electrons. The van der Waals surface area contributed by atoms with E-state index in [1.54, 1.807) is 11.0 Å². The Hall–Kier alpha value is -3.59. The molecule has 3 aliphatic rings. The van der Waals surface area contributed by atoms with E-state index in [0.717, 1.165) is 75.2 Å². The lowest BCUT2D eigenvalue weighted by Crippen LogP contribution is -2.50. The number of aromatic nitrogens is 4. The van der Waals surface area contributed by atoms with Crippen LogP contribution in [0, 0.1) is 0 Å². The molecule has 2 aliphatic heterocycles. The summed E-state index contributed by atoms with van der Waals surface area (Å²) >= 11 is 0. The molecule has 2 aromatic carbocycles. The zero-order valence-corrected chi connectivity index (χ0v) is 19.6. The van der Waals surface area contributed by atoms with Gasteiger partial charge in [0.1, 0.15) is 6.33 Å². The zero-order chi connectivity index (χ0) is 23.8. The Morgan fingerprint density at radius 1 is 1.03 bits per heavy atom. The second kappa shape index (κ2) is 9.22. The molecule has 1 amide bonds. The first-order valence-electron chi connectivity index (χ1n) is 12.3. The van der Waals surface area contributed by atoms with Crippen LogP contribution in [0.3, 0.4) is 0 Å². The van der Waals surface area contributed by atoms with Gasteiger partial charge in [0, 0.05) is 39.1 Å². The number of fused-ring (bicyclic) bond motifs is 2. The summed E-state index contributed by atoms with van der Waals surface area (Å²) in [6, 6.07) is 12.2. The van der Waals surface area contributed by atoms with Crippen molar-refractivity contribution in [2.24, 2.45) is 0 Å². The summed E-state index contributed by atoms with van der Waals surface area (Å²) in [6.45, 7) is 4.74. The average Bonchev–Trinajstić information content (AvgIpc) is 3.57. The Labute approximate surface area is 203 Å². The standard InChI is InChI=1S/C26H28N6O3/c33-25(24-5-2-19-16-21(3-6-22(19)24)32-17-27-28-29-32)31-12-10-30(11-13-31)9-7-18-1-4-23-20(15-18)8-14-35-26(23)34/h1,3-4,6,15-17,24H,2,5,7-14H2. The topological polar surface area (TPSA) is 93.5 Å². The lowest BCUT2D eigenvalue weighted by molar-refractivity contribution is -0.134. The lowest BCUT2D eigenvalue weighted by atomic mass is 9.98. The minimum absolute atomic E-state index is 0.0540. The van der Waals surface area contributed by atoms with Crippen LogP contribution in [0.25, 0.3) is 5.69 Å². The maximum Gasteiger partial charge on any atom is 0.338 e. The van der Waals surface area contributed by atoms with Crippen LogP contribution in [0.1, 0.15) is 45.0 Å². The van der Waals surface area contributed by atoms with Crippen molar-refractivity contribution in [2.75, 3.05) is 39.3 Å². The first-order valence-corrected chi connectivity index (χ1v) is 12.3. The van der Waals surface area contributed by atoms with Crippen molar-refractivity contribution in [3.63, 3.8) is 0 Å². The van der Waals surface area contributed by atoms with Crippen LogP contribution in [-0.2, 0) is 28.8 Å². The van der Waals surface area contributed by atoms with Gasteiger partial charge in [-0.3, -0.25) is 9.69 Å². The molecule has 3 aromatic rings. The summed E-state index contributed by atoms with van der Waals surface area (Å²) in [5.74, 6) is -0.0155. The Kier molecular flexibility index (Phi) is 5.77. The minimum Gasteiger partial charge on any atom is -0.462 e. The Bertz CT molecular complexity index is 1250. The maximum atomic E-state index is 13.4. The van der Waals surface area contributed by atoms with E-state index in [-0.39, 0.29) is 17.8 Å². The second-order valence-corrected chi connectivity index (χ2v) is 9.52. The van der Waals surface area contributed by atoms with Crippen LogP contribution in [0.5, 0.6) is 0 Å². The normalized spacial score (nSPS) is 19.8. The van der Waals surface area contributed by atoms with E-state index in [0.29, 0.717) is 12.2 Å². The number of hydrogen-bond donors (Lipinski definition) is 0. The third-order valence-electron chi connectivity index (χ3n) is 7.51. The van der Waals surface area contributed by atoms with E-state index >= 15 is 0 Å². The highest BCUT2D eigenvalue weighted by molar-refractivity contribution is 5.92. The fourth-order valence-corrected chi connectivity index (χ4v) is 5.52. The van der Waals surface area contributed by atoms with Gasteiger partial charge >= 0.3 is 5.97 Å². The number of ether oxygens (including phenoxy) is 1. The fourth-order valence-electron chi connectivity index (χ4n) is 5.52. The van der Waals surface area contributed by atoms with Crippen molar-refractivity contribution in [3.05, 3.63) is 70.5 Å². The van der Waals surface area contributed by atoms with Gasteiger partial charge in [0.15, 0.2) is 0 Å². The van der Waals surface area contributed by atoms with E-state index in [1.165, 1.54) is 11.1 Å². The molecule has 0 saturated carbocycles. The van der Waals surface area contributed by atoms with E-state index in [2.05, 4.69) is 38.6 Å². The van der Waals surface area contributed by atoms with Crippen LogP contribution in [0.2, 0.25) is 0 Å². The largest absolute Gasteiger partial charge is 0.462 e. The molecule has 1 aliphatic carbocycles. The highest BCUT2D eigenvalue weighted by Gasteiger charge is 2.33. The van der Waals surface area contributed by atoms with E-state index in [9.17, 15) is 9.59 Å². The van der Waals surface area contributed by atoms with Crippen LogP contribution in [0.15, 0.2) is 42.7 Å². The zero-order valence-electron chi connectivity index (χ0n) is 19.6. The summed E-state index contributed by atoms with van der Waals surface area (Å²) in [5.41, 5.74) is 6.33. The maximum absolute atomic E-state index is 13.4. The smallest absolute Gasteiger partial charge is 0.338 e. The highest BCUT2D eigenvalue weighted by Crippen LogP contribution is 2.35. The van der Waals surface area contributed by atoms with Gasteiger partial charge in [-0.05, 0) is 70.1 Å². The molecular formula is C26H28N6O3. The number of carbonyl (C=O) groups is 2. The van der Waals surface area contributed by atoms with Crippen LogP contribution >= 0.6 is 0 Å². The van der Waals surface area contributed by atoms with Gasteiger partial charge in [-0.1, -0.05) is 18.2 Å². The van der Waals surface area contributed by atoms with Crippen LogP contribution in [-0.4, -0.2) is 81.2 Å². The van der Waals surface area contributed by atoms with Gasteiger partial charge in [0.2, 0.25) is 5.91 Å². The molecule has 35 heavy (non-hydrogen) atoms. The molecule has 0 radical (unpaired) electrons. The number of carbonyl (C=O) groups excluding carboxylic acids is 2. The molecule has 9 heteroatoms. The quantitative estimate of drug-likeness (QED) is 0.523. The van der Waals surface area contributed by atoms with Gasteiger partial charge in [-0.15, -0.1) is 5.10 Å². The molecule has 1 unspecified atom stereocenters. The van der Waals surface area contributed by atoms with Gasteiger partial charge in [-0.25, -0.2) is 9.48 Å².